The Bertz CT molecular complexity index is 2660. The molecule has 0 saturated carbocycles. The van der Waals surface area contributed by atoms with Gasteiger partial charge in [-0.05, 0) is 36.4 Å². The van der Waals surface area contributed by atoms with E-state index in [2.05, 4.69) is 41.6 Å². The van der Waals surface area contributed by atoms with Crippen LogP contribution in [0.25, 0.3) is 32.3 Å². The van der Waals surface area contributed by atoms with Crippen LogP contribution in [0.2, 0.25) is 10.3 Å². The third-order valence-electron chi connectivity index (χ3n) is 7.61. The van der Waals surface area contributed by atoms with Gasteiger partial charge >= 0.3 is 11.9 Å². The fourth-order valence-electron chi connectivity index (χ4n) is 5.07. The SMILES string of the molecule is CC(=O)O.COc1ccc2c(O)c(C(=O)NCC(=O)O)nc(Cl)c2c1.O=C(O)CN(NC(=O)c1nc(Cl)c2ccccc2c1O)C(=O)c1ncc2cc(Br)ccc2c1O. The molecule has 0 fully saturated rings. The number of pyridine rings is 3. The number of carboxylic acids is 3. The highest BCUT2D eigenvalue weighted by Crippen LogP contribution is 2.35. The maximum Gasteiger partial charge on any atom is 0.325 e. The minimum absolute atomic E-state index is 0.00201. The summed E-state index contributed by atoms with van der Waals surface area (Å²) in [5.74, 6) is -7.35. The van der Waals surface area contributed by atoms with Gasteiger partial charge in [0.25, 0.3) is 23.7 Å². The number of rotatable bonds is 8. The minimum Gasteiger partial charge on any atom is -0.505 e. The van der Waals surface area contributed by atoms with Crippen molar-refractivity contribution in [2.45, 2.75) is 6.92 Å². The number of hydrogen-bond acceptors (Lipinski definition) is 13. The number of nitrogens with zero attached hydrogens (tertiary/aromatic N) is 4. The first-order valence-electron chi connectivity index (χ1n) is 16.3. The van der Waals surface area contributed by atoms with Crippen LogP contribution in [0.5, 0.6) is 23.0 Å². The first-order chi connectivity index (χ1) is 27.8. The Morgan fingerprint density at radius 1 is 0.729 bits per heavy atom. The fraction of sp³-hybridized carbons (Fsp3) is 0.108. The van der Waals surface area contributed by atoms with Gasteiger partial charge in [-0.1, -0.05) is 63.4 Å². The van der Waals surface area contributed by atoms with Crippen molar-refractivity contribution in [3.05, 3.63) is 98.7 Å². The van der Waals surface area contributed by atoms with E-state index in [0.29, 0.717) is 37.7 Å². The van der Waals surface area contributed by atoms with Crippen LogP contribution >= 0.6 is 39.1 Å². The predicted octanol–water partition coefficient (Wildman–Crippen LogP) is 4.99. The van der Waals surface area contributed by atoms with Crippen LogP contribution in [0.1, 0.15) is 38.4 Å². The lowest BCUT2D eigenvalue weighted by atomic mass is 10.1. The average molecular weight is 916 g/mol. The Labute approximate surface area is 349 Å². The number of ether oxygens (including phenoxy) is 1. The van der Waals surface area contributed by atoms with Gasteiger partial charge in [-0.25, -0.2) is 20.0 Å². The number of methoxy groups -OCH3 is 1. The van der Waals surface area contributed by atoms with Crippen LogP contribution in [0.4, 0.5) is 0 Å². The number of carboxylic acid groups (broad SMARTS) is 3. The van der Waals surface area contributed by atoms with Crippen LogP contribution in [0.3, 0.4) is 0 Å². The summed E-state index contributed by atoms with van der Waals surface area (Å²) in [6, 6.07) is 16.0. The van der Waals surface area contributed by atoms with Gasteiger partial charge in [0.1, 0.15) is 29.1 Å². The molecule has 0 unspecified atom stereocenters. The number of aliphatic carboxylic acids is 3. The third-order valence-corrected chi connectivity index (χ3v) is 8.68. The fourth-order valence-corrected chi connectivity index (χ4v) is 5.94. The number of carbonyl (C=O) groups excluding carboxylic acids is 3. The number of halogens is 3. The number of carbonyl (C=O) groups is 6. The van der Waals surface area contributed by atoms with Crippen molar-refractivity contribution in [1.29, 1.82) is 0 Å². The Balaban J connectivity index is 0.000000262. The smallest absolute Gasteiger partial charge is 0.325 e. The van der Waals surface area contributed by atoms with Gasteiger partial charge in [-0.3, -0.25) is 34.2 Å². The summed E-state index contributed by atoms with van der Waals surface area (Å²) in [6.07, 6.45) is 1.32. The molecule has 3 aromatic carbocycles. The summed E-state index contributed by atoms with van der Waals surface area (Å²) < 4.78 is 5.77. The summed E-state index contributed by atoms with van der Waals surface area (Å²) in [4.78, 5) is 80.1. The summed E-state index contributed by atoms with van der Waals surface area (Å²) in [7, 11) is 1.48. The van der Waals surface area contributed by atoms with E-state index >= 15 is 0 Å². The zero-order valence-electron chi connectivity index (χ0n) is 30.2. The molecule has 306 valence electrons. The topological polar surface area (TPSA) is 299 Å². The molecule has 3 amide bonds. The first-order valence-corrected chi connectivity index (χ1v) is 17.8. The summed E-state index contributed by atoms with van der Waals surface area (Å²) in [5, 5.41) is 61.1. The van der Waals surface area contributed by atoms with Crippen LogP contribution in [0, 0.1) is 0 Å². The highest BCUT2D eigenvalue weighted by Gasteiger charge is 2.28. The number of aromatic nitrogens is 3. The number of hydrazine groups is 1. The number of nitrogens with one attached hydrogen (secondary N) is 2. The molecule has 0 bridgehead atoms. The largest absolute Gasteiger partial charge is 0.505 e. The average Bonchev–Trinajstić information content (AvgIpc) is 3.18. The lowest BCUT2D eigenvalue weighted by molar-refractivity contribution is -0.138. The van der Waals surface area contributed by atoms with Gasteiger partial charge in [-0.2, -0.15) is 0 Å². The standard InChI is InChI=1S/C22H14BrClN4O6.C13H11ClN2O5.C2H4O2/c23-11-5-6-12-10(7-11)8-25-17(18(12)31)22(34)28(9-15(29)30)27-21(33)16-19(32)13-3-1-2-4-14(13)20(24)26-16;1-21-6-2-3-7-8(4-6)12(14)16-10(11(7)19)13(20)15-5-9(17)18;1-2(3)4/h1-8,31-32H,9H2,(H,27,33)(H,29,30);2-4,19H,5H2,1H3,(H,15,20)(H,17,18);1H3,(H,3,4). The molecule has 19 nitrogen and oxygen atoms in total. The van der Waals surface area contributed by atoms with Crippen LogP contribution < -0.4 is 15.5 Å². The molecule has 0 spiro atoms. The number of fused-ring (bicyclic) bond motifs is 3. The Morgan fingerprint density at radius 3 is 1.86 bits per heavy atom. The molecule has 3 aromatic heterocycles. The molecular weight excluding hydrogens is 887 g/mol. The highest BCUT2D eigenvalue weighted by molar-refractivity contribution is 9.10. The zero-order chi connectivity index (χ0) is 43.7. The summed E-state index contributed by atoms with van der Waals surface area (Å²) in [5.41, 5.74) is 0.768. The molecule has 0 aliphatic rings. The minimum atomic E-state index is -1.45. The molecule has 6 rings (SSSR count). The first kappa shape index (κ1) is 44.7. The molecule has 59 heavy (non-hydrogen) atoms. The van der Waals surface area contributed by atoms with E-state index in [1.807, 2.05) is 0 Å². The lowest BCUT2D eigenvalue weighted by Crippen LogP contribution is -2.49. The van der Waals surface area contributed by atoms with Gasteiger partial charge in [0.15, 0.2) is 34.3 Å². The number of aromatic hydroxyl groups is 3. The van der Waals surface area contributed by atoms with Crippen molar-refractivity contribution >= 4 is 107 Å². The van der Waals surface area contributed by atoms with Gasteiger partial charge in [0, 0.05) is 49.9 Å². The molecule has 0 radical (unpaired) electrons. The van der Waals surface area contributed by atoms with Crippen molar-refractivity contribution < 1.29 is 64.1 Å². The van der Waals surface area contributed by atoms with Crippen LogP contribution in [-0.2, 0) is 14.4 Å². The third kappa shape index (κ3) is 10.9. The van der Waals surface area contributed by atoms with E-state index in [4.69, 9.17) is 42.9 Å². The quantitative estimate of drug-likeness (QED) is 0.0737. The van der Waals surface area contributed by atoms with Crippen LogP contribution in [-0.4, -0.2) is 106 Å². The molecule has 22 heteroatoms. The maximum atomic E-state index is 13.0. The van der Waals surface area contributed by atoms with E-state index in [0.717, 1.165) is 11.4 Å². The van der Waals surface area contributed by atoms with Crippen molar-refractivity contribution in [3.8, 4) is 23.0 Å². The van der Waals surface area contributed by atoms with Gasteiger partial charge < -0.3 is 40.7 Å². The molecule has 0 atom stereocenters. The molecule has 3 heterocycles. The summed E-state index contributed by atoms with van der Waals surface area (Å²) in [6.45, 7) is -0.468. The maximum absolute atomic E-state index is 13.0. The molecule has 0 aliphatic heterocycles. The zero-order valence-corrected chi connectivity index (χ0v) is 33.3. The van der Waals surface area contributed by atoms with Crippen LogP contribution in [0.15, 0.2) is 71.3 Å². The molecule has 0 aliphatic carbocycles. The van der Waals surface area contributed by atoms with E-state index in [-0.39, 0.29) is 27.1 Å². The second-order valence-electron chi connectivity index (χ2n) is 11.7. The Morgan fingerprint density at radius 2 is 1.27 bits per heavy atom. The van der Waals surface area contributed by atoms with Gasteiger partial charge in [-0.15, -0.1) is 0 Å². The molecule has 6 aromatic rings. The van der Waals surface area contributed by atoms with Crippen molar-refractivity contribution in [2.75, 3.05) is 20.2 Å². The number of amides is 3. The molecule has 8 N–H and O–H groups in total. The predicted molar refractivity (Wildman–Crippen MR) is 214 cm³/mol. The summed E-state index contributed by atoms with van der Waals surface area (Å²) >= 11 is 15.4. The highest BCUT2D eigenvalue weighted by atomic mass is 79.9. The van der Waals surface area contributed by atoms with E-state index < -0.39 is 71.6 Å². The lowest BCUT2D eigenvalue weighted by Gasteiger charge is -2.22. The molecular formula is C37H29BrCl2N6O13. The van der Waals surface area contributed by atoms with E-state index in [9.17, 15) is 44.4 Å². The Hall–Kier alpha value is -7.03. The Kier molecular flexibility index (Phi) is 14.7. The van der Waals surface area contributed by atoms with Gasteiger partial charge in [0.2, 0.25) is 0 Å². The van der Waals surface area contributed by atoms with Crippen molar-refractivity contribution in [2.24, 2.45) is 0 Å². The second kappa shape index (κ2) is 19.4. The van der Waals surface area contributed by atoms with Gasteiger partial charge in [0.05, 0.1) is 7.11 Å². The second-order valence-corrected chi connectivity index (χ2v) is 13.3. The van der Waals surface area contributed by atoms with Crippen molar-refractivity contribution in [1.82, 2.24) is 30.7 Å². The molecule has 0 saturated heterocycles. The number of benzene rings is 3. The van der Waals surface area contributed by atoms with E-state index in [1.165, 1.54) is 25.4 Å². The number of hydrogen-bond donors (Lipinski definition) is 8. The van der Waals surface area contributed by atoms with Crippen molar-refractivity contribution in [3.63, 3.8) is 0 Å². The monoisotopic (exact) mass is 914 g/mol. The normalized spacial score (nSPS) is 10.4. The van der Waals surface area contributed by atoms with E-state index in [1.54, 1.807) is 48.5 Å².